The molecule has 0 spiro atoms. The number of carbonyl (C=O) groups is 3. The van der Waals surface area contributed by atoms with Crippen molar-refractivity contribution in [3.63, 3.8) is 0 Å². The maximum Gasteiger partial charge on any atom is 0.573 e. The molecule has 0 atom stereocenters. The van der Waals surface area contributed by atoms with Gasteiger partial charge in [0.2, 0.25) is 0 Å². The monoisotopic (exact) mass is 584 g/mol. The van der Waals surface area contributed by atoms with E-state index in [4.69, 9.17) is 28.0 Å². The van der Waals surface area contributed by atoms with Crippen LogP contribution in [0.2, 0.25) is 10.0 Å². The Hall–Kier alpha value is -2.81. The number of benzene rings is 2. The number of oxime groups is 1. The van der Waals surface area contributed by atoms with E-state index < -0.39 is 30.1 Å². The van der Waals surface area contributed by atoms with E-state index in [0.29, 0.717) is 17.2 Å². The van der Waals surface area contributed by atoms with Crippen LogP contribution < -0.4 is 14.4 Å². The van der Waals surface area contributed by atoms with Gasteiger partial charge in [-0.1, -0.05) is 34.4 Å². The molecule has 9 nitrogen and oxygen atoms in total. The van der Waals surface area contributed by atoms with Crippen molar-refractivity contribution in [3.8, 4) is 5.75 Å². The number of carbonyl (C=O) groups excluding carboxylic acids is 3. The predicted octanol–water partition coefficient (Wildman–Crippen LogP) is 6.58. The minimum Gasteiger partial charge on any atom is -0.406 e. The number of amides is 4. The first-order valence-electron chi connectivity index (χ1n) is 9.49. The number of nitrogens with zero attached hydrogens (tertiary/aromatic N) is 3. The molecule has 2 aromatic carbocycles. The SMILES string of the molecule is CS/C(C)=N/OC(=O)N(C)SN(C(=O)NC(=O)c1c(Cl)cccc1Cl)c1ccc(OC(F)(F)F)cc1. The van der Waals surface area contributed by atoms with Crippen molar-refractivity contribution in [2.45, 2.75) is 13.3 Å². The molecule has 0 aliphatic rings. The lowest BCUT2D eigenvalue weighted by molar-refractivity contribution is -0.274. The van der Waals surface area contributed by atoms with Gasteiger partial charge in [-0.25, -0.2) is 18.2 Å². The van der Waals surface area contributed by atoms with Crippen molar-refractivity contribution in [1.29, 1.82) is 0 Å². The van der Waals surface area contributed by atoms with Crippen LogP contribution in [-0.4, -0.2) is 47.0 Å². The van der Waals surface area contributed by atoms with Crippen LogP contribution in [0.3, 0.4) is 0 Å². The smallest absolute Gasteiger partial charge is 0.406 e. The maximum absolute atomic E-state index is 13.0. The summed E-state index contributed by atoms with van der Waals surface area (Å²) in [5.41, 5.74) is -0.198. The largest absolute Gasteiger partial charge is 0.573 e. The maximum atomic E-state index is 13.0. The van der Waals surface area contributed by atoms with E-state index in [-0.39, 0.29) is 21.3 Å². The van der Waals surface area contributed by atoms with Gasteiger partial charge in [-0.05, 0) is 49.6 Å². The van der Waals surface area contributed by atoms with Crippen LogP contribution in [0.25, 0.3) is 0 Å². The molecule has 0 radical (unpaired) electrons. The zero-order valence-corrected chi connectivity index (χ0v) is 21.8. The van der Waals surface area contributed by atoms with E-state index in [9.17, 15) is 27.6 Å². The average Bonchev–Trinajstić information content (AvgIpc) is 2.79. The minimum absolute atomic E-state index is 0.0199. The molecule has 16 heteroatoms. The van der Waals surface area contributed by atoms with E-state index >= 15 is 0 Å². The number of alkyl halides is 3. The Morgan fingerprint density at radius 1 is 1.06 bits per heavy atom. The number of nitrogens with one attached hydrogen (secondary N) is 1. The number of imide groups is 1. The van der Waals surface area contributed by atoms with E-state index in [2.05, 4.69) is 15.2 Å². The molecule has 0 saturated carbocycles. The summed E-state index contributed by atoms with van der Waals surface area (Å²) in [6.45, 7) is 1.60. The van der Waals surface area contributed by atoms with Gasteiger partial charge in [0, 0.05) is 7.05 Å². The molecular formula is C20H17Cl2F3N4O5S2. The molecule has 194 valence electrons. The predicted molar refractivity (Wildman–Crippen MR) is 133 cm³/mol. The van der Waals surface area contributed by atoms with Crippen LogP contribution in [0, 0.1) is 0 Å². The fourth-order valence-corrected chi connectivity index (χ4v) is 3.63. The highest BCUT2D eigenvalue weighted by atomic mass is 35.5. The summed E-state index contributed by atoms with van der Waals surface area (Å²) < 4.78 is 42.9. The number of anilines is 1. The third kappa shape index (κ3) is 8.69. The Morgan fingerprint density at radius 2 is 1.64 bits per heavy atom. The lowest BCUT2D eigenvalue weighted by Gasteiger charge is -2.25. The van der Waals surface area contributed by atoms with Crippen LogP contribution in [0.4, 0.5) is 28.4 Å². The zero-order valence-electron chi connectivity index (χ0n) is 18.6. The molecule has 0 heterocycles. The number of hydrogen-bond acceptors (Lipinski definition) is 8. The first-order valence-corrected chi connectivity index (χ1v) is 12.2. The molecule has 0 aliphatic carbocycles. The number of thioether (sulfide) groups is 1. The highest BCUT2D eigenvalue weighted by Crippen LogP contribution is 2.30. The molecule has 2 aromatic rings. The molecule has 0 aliphatic heterocycles. The Kier molecular flexibility index (Phi) is 10.6. The molecule has 4 amide bonds. The lowest BCUT2D eigenvalue weighted by atomic mass is 10.2. The fourth-order valence-electron chi connectivity index (χ4n) is 2.26. The van der Waals surface area contributed by atoms with Crippen molar-refractivity contribution >= 4 is 75.9 Å². The van der Waals surface area contributed by atoms with Gasteiger partial charge in [0.25, 0.3) is 5.91 Å². The number of urea groups is 1. The lowest BCUT2D eigenvalue weighted by Crippen LogP contribution is -2.42. The number of halogens is 5. The van der Waals surface area contributed by atoms with Gasteiger partial charge < -0.3 is 4.74 Å². The Balaban J connectivity index is 2.31. The van der Waals surface area contributed by atoms with Crippen LogP contribution in [0.1, 0.15) is 17.3 Å². The van der Waals surface area contributed by atoms with Gasteiger partial charge in [-0.2, -0.15) is 0 Å². The summed E-state index contributed by atoms with van der Waals surface area (Å²) in [5.74, 6) is -1.51. The van der Waals surface area contributed by atoms with Crippen molar-refractivity contribution < 1.29 is 37.1 Å². The quantitative estimate of drug-likeness (QED) is 0.135. The second-order valence-corrected chi connectivity index (χ2v) is 9.33. The Morgan fingerprint density at radius 3 is 2.17 bits per heavy atom. The summed E-state index contributed by atoms with van der Waals surface area (Å²) in [6, 6.07) is 7.30. The number of ether oxygens (including phenoxy) is 1. The first-order chi connectivity index (χ1) is 16.8. The molecule has 0 fully saturated rings. The van der Waals surface area contributed by atoms with Crippen molar-refractivity contribution in [3.05, 3.63) is 58.1 Å². The molecule has 2 rings (SSSR count). The molecular weight excluding hydrogens is 568 g/mol. The molecule has 1 N–H and O–H groups in total. The summed E-state index contributed by atoms with van der Waals surface area (Å²) in [5, 5.41) is 6.06. The van der Waals surface area contributed by atoms with Gasteiger partial charge >= 0.3 is 18.5 Å². The summed E-state index contributed by atoms with van der Waals surface area (Å²) in [4.78, 5) is 42.7. The van der Waals surface area contributed by atoms with E-state index in [1.807, 2.05) is 0 Å². The van der Waals surface area contributed by atoms with Crippen LogP contribution in [-0.2, 0) is 4.84 Å². The van der Waals surface area contributed by atoms with Gasteiger partial charge in [-0.3, -0.25) is 14.9 Å². The topological polar surface area (TPSA) is 101 Å². The summed E-state index contributed by atoms with van der Waals surface area (Å²) in [6.07, 6.45) is -4.19. The number of rotatable bonds is 6. The van der Waals surface area contributed by atoms with Crippen molar-refractivity contribution in [2.24, 2.45) is 5.16 Å². The van der Waals surface area contributed by atoms with Gasteiger partial charge in [0.15, 0.2) is 0 Å². The standard InChI is InChI=1S/C20H17Cl2F3N4O5S2/c1-11(35-3)27-34-19(32)28(2)36-29(12-7-9-13(10-8-12)33-20(23,24)25)18(31)26-17(30)16-14(21)5-4-6-15(16)22/h4-10H,1-3H3,(H,26,30,31)/b27-11+. The third-order valence-electron chi connectivity index (χ3n) is 3.91. The Labute approximate surface area is 222 Å². The van der Waals surface area contributed by atoms with E-state index in [1.165, 1.54) is 37.0 Å². The molecule has 0 bridgehead atoms. The van der Waals surface area contributed by atoms with Crippen LogP contribution in [0.15, 0.2) is 47.6 Å². The van der Waals surface area contributed by atoms with Crippen molar-refractivity contribution in [2.75, 3.05) is 17.6 Å². The van der Waals surface area contributed by atoms with Crippen LogP contribution >= 0.6 is 47.1 Å². The molecule has 0 saturated heterocycles. The van der Waals surface area contributed by atoms with E-state index in [1.54, 1.807) is 13.2 Å². The second kappa shape index (κ2) is 12.9. The molecule has 0 unspecified atom stereocenters. The second-order valence-electron chi connectivity index (χ2n) is 6.44. The summed E-state index contributed by atoms with van der Waals surface area (Å²) >= 11 is 13.7. The highest BCUT2D eigenvalue weighted by molar-refractivity contribution is 8.13. The Bertz CT molecular complexity index is 1130. The minimum atomic E-state index is -4.92. The normalized spacial score (nSPS) is 11.5. The zero-order chi connectivity index (χ0) is 27.0. The van der Waals surface area contributed by atoms with Gasteiger partial charge in [0.05, 0.1) is 33.4 Å². The van der Waals surface area contributed by atoms with Crippen molar-refractivity contribution in [1.82, 2.24) is 9.62 Å². The third-order valence-corrected chi connectivity index (χ3v) is 6.14. The molecule has 0 aromatic heterocycles. The van der Waals surface area contributed by atoms with Crippen LogP contribution in [0.5, 0.6) is 5.75 Å². The number of hydrogen-bond donors (Lipinski definition) is 1. The average molecular weight is 585 g/mol. The van der Waals surface area contributed by atoms with Gasteiger partial charge in [0.1, 0.15) is 10.8 Å². The summed E-state index contributed by atoms with van der Waals surface area (Å²) in [7, 11) is 1.24. The van der Waals surface area contributed by atoms with Gasteiger partial charge in [-0.15, -0.1) is 24.9 Å². The first kappa shape index (κ1) is 29.4. The van der Waals surface area contributed by atoms with E-state index in [0.717, 1.165) is 32.9 Å². The fraction of sp³-hybridized carbons (Fsp3) is 0.200. The molecule has 36 heavy (non-hydrogen) atoms. The highest BCUT2D eigenvalue weighted by Gasteiger charge is 2.31.